The first-order valence-electron chi connectivity index (χ1n) is 7.17. The largest absolute Gasteiger partial charge is 0.338 e. The van der Waals surface area contributed by atoms with Gasteiger partial charge in [-0.25, -0.2) is 4.98 Å². The molecule has 1 heterocycles. The molecule has 6 heteroatoms. The lowest BCUT2D eigenvalue weighted by Gasteiger charge is -2.21. The molecule has 0 radical (unpaired) electrons. The van der Waals surface area contributed by atoms with E-state index in [9.17, 15) is 9.59 Å². The van der Waals surface area contributed by atoms with E-state index in [-0.39, 0.29) is 29.1 Å². The summed E-state index contributed by atoms with van der Waals surface area (Å²) in [5.74, 6) is 0.955. The predicted octanol–water partition coefficient (Wildman–Crippen LogP) is 1.79. The normalized spacial score (nSPS) is 18.1. The lowest BCUT2D eigenvalue weighted by atomic mass is 10.3. The first-order valence-corrected chi connectivity index (χ1v) is 7.54. The van der Waals surface area contributed by atoms with Gasteiger partial charge in [0.2, 0.25) is 5.91 Å². The van der Waals surface area contributed by atoms with Gasteiger partial charge in [-0.05, 0) is 32.6 Å². The molecule has 0 atom stereocenters. The van der Waals surface area contributed by atoms with Crippen molar-refractivity contribution in [3.05, 3.63) is 27.4 Å². The summed E-state index contributed by atoms with van der Waals surface area (Å²) in [5, 5.41) is 0.218. The van der Waals surface area contributed by atoms with Crippen LogP contribution in [0, 0.1) is 0 Å². The topological polar surface area (TPSA) is 55.2 Å². The molecule has 108 valence electrons. The van der Waals surface area contributed by atoms with E-state index in [2.05, 4.69) is 4.98 Å². The molecule has 0 saturated heterocycles. The van der Waals surface area contributed by atoms with Crippen molar-refractivity contribution in [1.29, 1.82) is 0 Å². The lowest BCUT2D eigenvalue weighted by molar-refractivity contribution is -0.132. The first kappa shape index (κ1) is 13.6. The third kappa shape index (κ3) is 2.73. The number of hydrogen-bond acceptors (Lipinski definition) is 3. The Bertz CT molecular complexity index is 591. The van der Waals surface area contributed by atoms with Crippen LogP contribution in [-0.2, 0) is 11.3 Å². The second kappa shape index (κ2) is 5.20. The number of rotatable bonds is 5. The fourth-order valence-electron chi connectivity index (χ4n) is 2.56. The predicted molar refractivity (Wildman–Crippen MR) is 75.9 cm³/mol. The van der Waals surface area contributed by atoms with Crippen molar-refractivity contribution in [1.82, 2.24) is 14.5 Å². The molecule has 0 aromatic carbocycles. The summed E-state index contributed by atoms with van der Waals surface area (Å²) >= 11 is 5.86. The Labute approximate surface area is 122 Å². The molecule has 0 aliphatic heterocycles. The van der Waals surface area contributed by atoms with Crippen LogP contribution < -0.4 is 5.56 Å². The molecule has 20 heavy (non-hydrogen) atoms. The van der Waals surface area contributed by atoms with Crippen molar-refractivity contribution in [2.45, 2.75) is 51.1 Å². The molecular weight excluding hydrogens is 278 g/mol. The smallest absolute Gasteiger partial charge is 0.255 e. The first-order chi connectivity index (χ1) is 9.60. The van der Waals surface area contributed by atoms with Crippen LogP contribution >= 0.6 is 11.6 Å². The Kier molecular flexibility index (Phi) is 3.54. The van der Waals surface area contributed by atoms with Crippen molar-refractivity contribution in [3.8, 4) is 0 Å². The highest BCUT2D eigenvalue weighted by atomic mass is 35.5. The van der Waals surface area contributed by atoms with Gasteiger partial charge in [0, 0.05) is 24.6 Å². The summed E-state index contributed by atoms with van der Waals surface area (Å²) in [6.07, 6.45) is 4.17. The van der Waals surface area contributed by atoms with Crippen molar-refractivity contribution < 1.29 is 4.79 Å². The second-order valence-electron chi connectivity index (χ2n) is 5.55. The molecule has 0 unspecified atom stereocenters. The number of carbonyl (C=O) groups excluding carboxylic acids is 1. The summed E-state index contributed by atoms with van der Waals surface area (Å²) in [4.78, 5) is 30.6. The summed E-state index contributed by atoms with van der Waals surface area (Å²) in [6, 6.07) is 1.65. The highest BCUT2D eigenvalue weighted by molar-refractivity contribution is 6.29. The number of nitrogens with zero attached hydrogens (tertiary/aromatic N) is 3. The van der Waals surface area contributed by atoms with Crippen molar-refractivity contribution in [3.63, 3.8) is 0 Å². The van der Waals surface area contributed by atoms with Crippen LogP contribution in [0.15, 0.2) is 10.9 Å². The molecule has 5 nitrogen and oxygen atoms in total. The van der Waals surface area contributed by atoms with Crippen LogP contribution in [0.5, 0.6) is 0 Å². The monoisotopic (exact) mass is 295 g/mol. The molecular formula is C14H18ClN3O2. The average molecular weight is 296 g/mol. The Morgan fingerprint density at radius 2 is 2.15 bits per heavy atom. The van der Waals surface area contributed by atoms with Gasteiger partial charge >= 0.3 is 0 Å². The third-order valence-corrected chi connectivity index (χ3v) is 4.08. The van der Waals surface area contributed by atoms with Gasteiger partial charge in [0.15, 0.2) is 0 Å². The van der Waals surface area contributed by atoms with Gasteiger partial charge in [-0.15, -0.1) is 0 Å². The molecule has 2 saturated carbocycles. The fraction of sp³-hybridized carbons (Fsp3) is 0.643. The second-order valence-corrected chi connectivity index (χ2v) is 5.93. The van der Waals surface area contributed by atoms with E-state index < -0.39 is 0 Å². The average Bonchev–Trinajstić information content (AvgIpc) is 3.26. The van der Waals surface area contributed by atoms with Gasteiger partial charge < -0.3 is 4.90 Å². The zero-order chi connectivity index (χ0) is 14.3. The lowest BCUT2D eigenvalue weighted by Crippen LogP contribution is -2.38. The van der Waals surface area contributed by atoms with E-state index in [4.69, 9.17) is 11.6 Å². The maximum Gasteiger partial charge on any atom is 0.255 e. The minimum Gasteiger partial charge on any atom is -0.338 e. The van der Waals surface area contributed by atoms with E-state index in [0.29, 0.717) is 18.4 Å². The zero-order valence-corrected chi connectivity index (χ0v) is 12.3. The Morgan fingerprint density at radius 3 is 2.70 bits per heavy atom. The molecule has 0 bridgehead atoms. The number of likely N-dealkylation sites (N-methyl/N-ethyl adjacent to an activating group) is 1. The van der Waals surface area contributed by atoms with E-state index in [1.54, 1.807) is 0 Å². The number of aromatic nitrogens is 2. The van der Waals surface area contributed by atoms with Crippen molar-refractivity contribution in [2.24, 2.45) is 0 Å². The SMILES string of the molecule is CCN(C(=O)Cn1c(C2CC2)nc(Cl)cc1=O)C1CC1. The highest BCUT2D eigenvalue weighted by Crippen LogP contribution is 2.38. The van der Waals surface area contributed by atoms with Crippen LogP contribution in [0.4, 0.5) is 0 Å². The summed E-state index contributed by atoms with van der Waals surface area (Å²) < 4.78 is 1.50. The van der Waals surface area contributed by atoms with Gasteiger partial charge in [-0.3, -0.25) is 14.2 Å². The van der Waals surface area contributed by atoms with Crippen LogP contribution in [0.1, 0.15) is 44.3 Å². The summed E-state index contributed by atoms with van der Waals surface area (Å²) in [6.45, 7) is 2.75. The maximum atomic E-state index is 12.4. The third-order valence-electron chi connectivity index (χ3n) is 3.89. The van der Waals surface area contributed by atoms with Crippen LogP contribution in [-0.4, -0.2) is 32.9 Å². The number of carbonyl (C=O) groups is 1. The minimum atomic E-state index is -0.230. The van der Waals surface area contributed by atoms with Gasteiger partial charge in [-0.1, -0.05) is 11.6 Å². The van der Waals surface area contributed by atoms with Crippen LogP contribution in [0.25, 0.3) is 0 Å². The molecule has 1 amide bonds. The van der Waals surface area contributed by atoms with Gasteiger partial charge in [-0.2, -0.15) is 0 Å². The quantitative estimate of drug-likeness (QED) is 0.778. The summed E-state index contributed by atoms with van der Waals surface area (Å²) in [5.41, 5.74) is -0.230. The van der Waals surface area contributed by atoms with E-state index >= 15 is 0 Å². The zero-order valence-electron chi connectivity index (χ0n) is 11.5. The van der Waals surface area contributed by atoms with Gasteiger partial charge in [0.05, 0.1) is 0 Å². The molecule has 0 spiro atoms. The summed E-state index contributed by atoms with van der Waals surface area (Å²) in [7, 11) is 0. The van der Waals surface area contributed by atoms with E-state index in [0.717, 1.165) is 25.7 Å². The minimum absolute atomic E-state index is 0.00289. The fourth-order valence-corrected chi connectivity index (χ4v) is 2.74. The van der Waals surface area contributed by atoms with Crippen molar-refractivity contribution >= 4 is 17.5 Å². The molecule has 2 aliphatic carbocycles. The van der Waals surface area contributed by atoms with Crippen LogP contribution in [0.2, 0.25) is 5.15 Å². The molecule has 2 aliphatic rings. The van der Waals surface area contributed by atoms with E-state index in [1.165, 1.54) is 10.6 Å². The standard InChI is InChI=1S/C14H18ClN3O2/c1-2-17(10-5-6-10)13(20)8-18-12(19)7-11(15)16-14(18)9-3-4-9/h7,9-10H,2-6,8H2,1H3. The maximum absolute atomic E-state index is 12.4. The Balaban J connectivity index is 1.86. The van der Waals surface area contributed by atoms with Gasteiger partial charge in [0.25, 0.3) is 5.56 Å². The van der Waals surface area contributed by atoms with Gasteiger partial charge in [0.1, 0.15) is 17.5 Å². The molecule has 3 rings (SSSR count). The molecule has 1 aromatic heterocycles. The number of amides is 1. The van der Waals surface area contributed by atoms with E-state index in [1.807, 2.05) is 11.8 Å². The number of hydrogen-bond donors (Lipinski definition) is 0. The van der Waals surface area contributed by atoms with Crippen LogP contribution in [0.3, 0.4) is 0 Å². The Morgan fingerprint density at radius 1 is 1.45 bits per heavy atom. The number of halogens is 1. The van der Waals surface area contributed by atoms with Crippen molar-refractivity contribution in [2.75, 3.05) is 6.54 Å². The highest BCUT2D eigenvalue weighted by Gasteiger charge is 2.33. The molecule has 2 fully saturated rings. The molecule has 1 aromatic rings. The molecule has 0 N–H and O–H groups in total. The Hall–Kier alpha value is -1.36.